The van der Waals surface area contributed by atoms with E-state index < -0.39 is 0 Å². The van der Waals surface area contributed by atoms with E-state index >= 15 is 0 Å². The number of rotatable bonds is 11. The highest BCUT2D eigenvalue weighted by atomic mass is 16.5. The van der Waals surface area contributed by atoms with Crippen molar-refractivity contribution in [1.29, 1.82) is 0 Å². The third-order valence-corrected chi connectivity index (χ3v) is 3.82. The minimum atomic E-state index is 0.479. The van der Waals surface area contributed by atoms with E-state index in [9.17, 15) is 0 Å². The Morgan fingerprint density at radius 2 is 1.81 bits per heavy atom. The number of aryl methyl sites for hydroxylation is 2. The highest BCUT2D eigenvalue weighted by Crippen LogP contribution is 2.16. The molecule has 3 nitrogen and oxygen atoms in total. The fourth-order valence-corrected chi connectivity index (χ4v) is 2.51. The molecule has 120 valence electrons. The Kier molecular flexibility index (Phi) is 9.31. The Balaban J connectivity index is 2.52. The van der Waals surface area contributed by atoms with Crippen LogP contribution >= 0.6 is 0 Å². The standard InChI is InChI=1S/C18H31NO2/c1-5-10-19-17(9-11-21-13-12-20-4)14-18-15(2)7-6-8-16(18)3/h6-8,17,19H,5,9-14H2,1-4H3. The van der Waals surface area contributed by atoms with Crippen molar-refractivity contribution in [2.24, 2.45) is 0 Å². The lowest BCUT2D eigenvalue weighted by Gasteiger charge is -2.21. The molecule has 0 fully saturated rings. The zero-order valence-electron chi connectivity index (χ0n) is 14.1. The van der Waals surface area contributed by atoms with Crippen LogP contribution in [0.1, 0.15) is 36.5 Å². The van der Waals surface area contributed by atoms with E-state index in [-0.39, 0.29) is 0 Å². The van der Waals surface area contributed by atoms with Gasteiger partial charge in [0, 0.05) is 19.8 Å². The van der Waals surface area contributed by atoms with Crippen molar-refractivity contribution in [2.75, 3.05) is 33.5 Å². The van der Waals surface area contributed by atoms with E-state index in [0.717, 1.165) is 32.4 Å². The molecule has 0 saturated carbocycles. The van der Waals surface area contributed by atoms with E-state index in [1.54, 1.807) is 7.11 Å². The van der Waals surface area contributed by atoms with Crippen LogP contribution in [0, 0.1) is 13.8 Å². The van der Waals surface area contributed by atoms with Gasteiger partial charge >= 0.3 is 0 Å². The molecule has 1 unspecified atom stereocenters. The SMILES string of the molecule is CCCNC(CCOCCOC)Cc1c(C)cccc1C. The summed E-state index contributed by atoms with van der Waals surface area (Å²) in [6, 6.07) is 7.02. The molecule has 21 heavy (non-hydrogen) atoms. The zero-order chi connectivity index (χ0) is 15.5. The second-order valence-corrected chi connectivity index (χ2v) is 5.62. The lowest BCUT2D eigenvalue weighted by Crippen LogP contribution is -2.33. The summed E-state index contributed by atoms with van der Waals surface area (Å²) < 4.78 is 10.6. The molecule has 0 aliphatic rings. The van der Waals surface area contributed by atoms with E-state index in [0.29, 0.717) is 19.3 Å². The summed E-state index contributed by atoms with van der Waals surface area (Å²) in [5, 5.41) is 3.65. The van der Waals surface area contributed by atoms with Crippen LogP contribution in [0.4, 0.5) is 0 Å². The molecule has 1 aromatic carbocycles. The molecular formula is C18H31NO2. The van der Waals surface area contributed by atoms with E-state index in [4.69, 9.17) is 9.47 Å². The second-order valence-electron chi connectivity index (χ2n) is 5.62. The summed E-state index contributed by atoms with van der Waals surface area (Å²) in [6.45, 7) is 9.81. The molecule has 0 bridgehead atoms. The Morgan fingerprint density at radius 3 is 2.43 bits per heavy atom. The molecule has 0 heterocycles. The maximum atomic E-state index is 5.62. The van der Waals surface area contributed by atoms with Gasteiger partial charge in [-0.3, -0.25) is 0 Å². The first-order valence-electron chi connectivity index (χ1n) is 8.04. The minimum absolute atomic E-state index is 0.479. The van der Waals surface area contributed by atoms with Crippen molar-refractivity contribution in [3.05, 3.63) is 34.9 Å². The lowest BCUT2D eigenvalue weighted by atomic mass is 9.95. The molecule has 0 spiro atoms. The van der Waals surface area contributed by atoms with Gasteiger partial charge in [-0.1, -0.05) is 25.1 Å². The summed E-state index contributed by atoms with van der Waals surface area (Å²) in [7, 11) is 1.70. The van der Waals surface area contributed by atoms with Gasteiger partial charge in [-0.05, 0) is 56.3 Å². The van der Waals surface area contributed by atoms with Crippen molar-refractivity contribution < 1.29 is 9.47 Å². The lowest BCUT2D eigenvalue weighted by molar-refractivity contribution is 0.0658. The number of hydrogen-bond donors (Lipinski definition) is 1. The Hall–Kier alpha value is -0.900. The zero-order valence-corrected chi connectivity index (χ0v) is 14.1. The predicted octanol–water partition coefficient (Wildman–Crippen LogP) is 3.27. The quantitative estimate of drug-likeness (QED) is 0.635. The highest BCUT2D eigenvalue weighted by Gasteiger charge is 2.12. The van der Waals surface area contributed by atoms with E-state index in [1.807, 2.05) is 0 Å². The monoisotopic (exact) mass is 293 g/mol. The molecule has 1 aromatic rings. The summed E-state index contributed by atoms with van der Waals surface area (Å²) in [5.74, 6) is 0. The van der Waals surface area contributed by atoms with Gasteiger partial charge in [0.05, 0.1) is 13.2 Å². The van der Waals surface area contributed by atoms with Gasteiger partial charge in [-0.15, -0.1) is 0 Å². The smallest absolute Gasteiger partial charge is 0.0700 e. The van der Waals surface area contributed by atoms with Crippen LogP contribution in [0.15, 0.2) is 18.2 Å². The molecule has 0 saturated heterocycles. The van der Waals surface area contributed by atoms with Crippen LogP contribution in [-0.4, -0.2) is 39.5 Å². The van der Waals surface area contributed by atoms with Crippen LogP contribution in [0.25, 0.3) is 0 Å². The first-order valence-corrected chi connectivity index (χ1v) is 8.04. The minimum Gasteiger partial charge on any atom is -0.382 e. The first-order chi connectivity index (χ1) is 10.2. The van der Waals surface area contributed by atoms with Crippen molar-refractivity contribution in [3.8, 4) is 0 Å². The van der Waals surface area contributed by atoms with Crippen molar-refractivity contribution in [2.45, 2.75) is 46.1 Å². The third kappa shape index (κ3) is 7.07. The summed E-state index contributed by atoms with van der Waals surface area (Å²) >= 11 is 0. The van der Waals surface area contributed by atoms with Gasteiger partial charge in [0.15, 0.2) is 0 Å². The predicted molar refractivity (Wildman–Crippen MR) is 89.0 cm³/mol. The number of ether oxygens (including phenoxy) is 2. The van der Waals surface area contributed by atoms with Gasteiger partial charge in [0.1, 0.15) is 0 Å². The molecule has 3 heteroatoms. The highest BCUT2D eigenvalue weighted by molar-refractivity contribution is 5.34. The van der Waals surface area contributed by atoms with Gasteiger partial charge < -0.3 is 14.8 Å². The molecule has 1 N–H and O–H groups in total. The summed E-state index contributed by atoms with van der Waals surface area (Å²) in [4.78, 5) is 0. The number of nitrogens with one attached hydrogen (secondary N) is 1. The van der Waals surface area contributed by atoms with Crippen molar-refractivity contribution >= 4 is 0 Å². The van der Waals surface area contributed by atoms with Crippen LogP contribution in [-0.2, 0) is 15.9 Å². The van der Waals surface area contributed by atoms with Crippen LogP contribution < -0.4 is 5.32 Å². The molecule has 1 atom stereocenters. The average molecular weight is 293 g/mol. The van der Waals surface area contributed by atoms with Gasteiger partial charge in [-0.2, -0.15) is 0 Å². The fourth-order valence-electron chi connectivity index (χ4n) is 2.51. The van der Waals surface area contributed by atoms with Gasteiger partial charge in [0.25, 0.3) is 0 Å². The van der Waals surface area contributed by atoms with Crippen LogP contribution in [0.5, 0.6) is 0 Å². The van der Waals surface area contributed by atoms with E-state index in [2.05, 4.69) is 44.3 Å². The number of hydrogen-bond acceptors (Lipinski definition) is 3. The average Bonchev–Trinajstić information content (AvgIpc) is 2.47. The van der Waals surface area contributed by atoms with E-state index in [1.165, 1.54) is 16.7 Å². The maximum Gasteiger partial charge on any atom is 0.0700 e. The topological polar surface area (TPSA) is 30.5 Å². The molecule has 0 radical (unpaired) electrons. The largest absolute Gasteiger partial charge is 0.382 e. The second kappa shape index (κ2) is 10.8. The molecule has 0 aromatic heterocycles. The molecule has 1 rings (SSSR count). The molecule has 0 aliphatic heterocycles. The van der Waals surface area contributed by atoms with Gasteiger partial charge in [0.2, 0.25) is 0 Å². The number of methoxy groups -OCH3 is 1. The Labute approximate surface area is 130 Å². The number of benzene rings is 1. The maximum absolute atomic E-state index is 5.62. The first kappa shape index (κ1) is 18.1. The van der Waals surface area contributed by atoms with Gasteiger partial charge in [-0.25, -0.2) is 0 Å². The normalized spacial score (nSPS) is 12.6. The third-order valence-electron chi connectivity index (χ3n) is 3.82. The molecule has 0 aliphatic carbocycles. The molecular weight excluding hydrogens is 262 g/mol. The Morgan fingerprint density at radius 1 is 1.10 bits per heavy atom. The summed E-state index contributed by atoms with van der Waals surface area (Å²) in [5.41, 5.74) is 4.25. The Bertz CT molecular complexity index is 373. The van der Waals surface area contributed by atoms with Crippen molar-refractivity contribution in [1.82, 2.24) is 5.32 Å². The van der Waals surface area contributed by atoms with Crippen LogP contribution in [0.3, 0.4) is 0 Å². The fraction of sp³-hybridized carbons (Fsp3) is 0.667. The van der Waals surface area contributed by atoms with Crippen LogP contribution in [0.2, 0.25) is 0 Å². The van der Waals surface area contributed by atoms with Crippen molar-refractivity contribution in [3.63, 3.8) is 0 Å². The summed E-state index contributed by atoms with van der Waals surface area (Å²) in [6.07, 6.45) is 3.28. The molecule has 0 amide bonds.